The molecular formula is C16H29N5. The Bertz CT molecular complexity index is 446. The van der Waals surface area contributed by atoms with Gasteiger partial charge in [-0.1, -0.05) is 13.8 Å². The SMILES string of the molecule is Cc1nc(N2CCCN(C)CC2)ncc1CNCC(C)C. The standard InChI is InChI=1S/C16H29N5/c1-13(2)10-17-11-15-12-18-16(19-14(15)3)21-7-5-6-20(4)8-9-21/h12-13,17H,5-11H2,1-4H3. The van der Waals surface area contributed by atoms with E-state index in [0.717, 1.165) is 50.9 Å². The second-order valence-electron chi connectivity index (χ2n) is 6.45. The number of nitrogens with one attached hydrogen (secondary N) is 1. The monoisotopic (exact) mass is 291 g/mol. The molecule has 1 aromatic heterocycles. The number of aryl methyl sites for hydroxylation is 1. The van der Waals surface area contributed by atoms with E-state index in [1.54, 1.807) is 0 Å². The van der Waals surface area contributed by atoms with Crippen LogP contribution in [0, 0.1) is 12.8 Å². The summed E-state index contributed by atoms with van der Waals surface area (Å²) < 4.78 is 0. The highest BCUT2D eigenvalue weighted by atomic mass is 15.3. The second-order valence-corrected chi connectivity index (χ2v) is 6.45. The van der Waals surface area contributed by atoms with Crippen LogP contribution in [0.3, 0.4) is 0 Å². The lowest BCUT2D eigenvalue weighted by atomic mass is 10.2. The first-order valence-electron chi connectivity index (χ1n) is 8.03. The molecule has 0 amide bonds. The van der Waals surface area contributed by atoms with Crippen LogP contribution in [0.1, 0.15) is 31.5 Å². The van der Waals surface area contributed by atoms with Gasteiger partial charge in [0, 0.05) is 43.6 Å². The van der Waals surface area contributed by atoms with Gasteiger partial charge in [-0.3, -0.25) is 0 Å². The van der Waals surface area contributed by atoms with Gasteiger partial charge in [0.25, 0.3) is 0 Å². The van der Waals surface area contributed by atoms with Gasteiger partial charge in [0.2, 0.25) is 5.95 Å². The fourth-order valence-electron chi connectivity index (χ4n) is 2.55. The molecule has 0 spiro atoms. The number of hydrogen-bond acceptors (Lipinski definition) is 5. The van der Waals surface area contributed by atoms with Crippen LogP contribution in [0.2, 0.25) is 0 Å². The van der Waals surface area contributed by atoms with Crippen molar-refractivity contribution < 1.29 is 0 Å². The molecule has 0 saturated carbocycles. The molecule has 0 aliphatic carbocycles. The van der Waals surface area contributed by atoms with Crippen LogP contribution in [0.15, 0.2) is 6.20 Å². The molecule has 0 radical (unpaired) electrons. The molecule has 2 heterocycles. The molecule has 1 aromatic rings. The summed E-state index contributed by atoms with van der Waals surface area (Å²) >= 11 is 0. The first-order chi connectivity index (χ1) is 10.1. The Morgan fingerprint density at radius 2 is 2.05 bits per heavy atom. The zero-order valence-electron chi connectivity index (χ0n) is 13.9. The molecule has 1 saturated heterocycles. The normalized spacial score (nSPS) is 17.3. The van der Waals surface area contributed by atoms with E-state index < -0.39 is 0 Å². The van der Waals surface area contributed by atoms with Crippen molar-refractivity contribution in [3.05, 3.63) is 17.5 Å². The lowest BCUT2D eigenvalue weighted by Crippen LogP contribution is -2.30. The zero-order chi connectivity index (χ0) is 15.2. The highest BCUT2D eigenvalue weighted by Crippen LogP contribution is 2.13. The van der Waals surface area contributed by atoms with E-state index in [4.69, 9.17) is 4.98 Å². The van der Waals surface area contributed by atoms with Crippen molar-refractivity contribution >= 4 is 5.95 Å². The quantitative estimate of drug-likeness (QED) is 0.894. The van der Waals surface area contributed by atoms with Crippen molar-refractivity contribution in [3.63, 3.8) is 0 Å². The van der Waals surface area contributed by atoms with Crippen molar-refractivity contribution in [1.82, 2.24) is 20.2 Å². The minimum atomic E-state index is 0.666. The van der Waals surface area contributed by atoms with Crippen LogP contribution in [0.25, 0.3) is 0 Å². The second kappa shape index (κ2) is 7.71. The minimum absolute atomic E-state index is 0.666. The first kappa shape index (κ1) is 16.2. The fraction of sp³-hybridized carbons (Fsp3) is 0.750. The number of likely N-dealkylation sites (N-methyl/N-ethyl adjacent to an activating group) is 1. The summed E-state index contributed by atoms with van der Waals surface area (Å²) in [4.78, 5) is 14.0. The fourth-order valence-corrected chi connectivity index (χ4v) is 2.55. The topological polar surface area (TPSA) is 44.3 Å². The molecule has 0 bridgehead atoms. The van der Waals surface area contributed by atoms with Gasteiger partial charge in [0.1, 0.15) is 0 Å². The van der Waals surface area contributed by atoms with Gasteiger partial charge in [-0.2, -0.15) is 0 Å². The maximum Gasteiger partial charge on any atom is 0.225 e. The van der Waals surface area contributed by atoms with E-state index in [2.05, 4.69) is 47.9 Å². The van der Waals surface area contributed by atoms with Gasteiger partial charge in [-0.15, -0.1) is 0 Å². The molecule has 0 atom stereocenters. The van der Waals surface area contributed by atoms with Crippen LogP contribution in [-0.4, -0.2) is 54.6 Å². The van der Waals surface area contributed by atoms with Crippen LogP contribution in [-0.2, 0) is 6.54 Å². The molecule has 5 heteroatoms. The molecule has 1 aliphatic heterocycles. The Kier molecular flexibility index (Phi) is 5.94. The Morgan fingerprint density at radius 1 is 1.24 bits per heavy atom. The summed E-state index contributed by atoms with van der Waals surface area (Å²) in [7, 11) is 2.18. The molecule has 0 unspecified atom stereocenters. The molecule has 5 nitrogen and oxygen atoms in total. The summed E-state index contributed by atoms with van der Waals surface area (Å²) in [5.41, 5.74) is 2.29. The summed E-state index contributed by atoms with van der Waals surface area (Å²) in [5, 5.41) is 3.46. The predicted octanol–water partition coefficient (Wildman–Crippen LogP) is 1.67. The third-order valence-electron chi connectivity index (χ3n) is 3.94. The summed E-state index contributed by atoms with van der Waals surface area (Å²) in [6.45, 7) is 12.7. The molecule has 1 fully saturated rings. The van der Waals surface area contributed by atoms with Crippen molar-refractivity contribution in [2.24, 2.45) is 5.92 Å². The predicted molar refractivity (Wildman–Crippen MR) is 87.6 cm³/mol. The van der Waals surface area contributed by atoms with E-state index in [0.29, 0.717) is 5.92 Å². The Balaban J connectivity index is 1.97. The number of hydrogen-bond donors (Lipinski definition) is 1. The average molecular weight is 291 g/mol. The van der Waals surface area contributed by atoms with Crippen molar-refractivity contribution in [2.75, 3.05) is 44.7 Å². The summed E-state index contributed by atoms with van der Waals surface area (Å²) in [6, 6.07) is 0. The van der Waals surface area contributed by atoms with Crippen LogP contribution < -0.4 is 10.2 Å². The lowest BCUT2D eigenvalue weighted by Gasteiger charge is -2.21. The van der Waals surface area contributed by atoms with Gasteiger partial charge < -0.3 is 15.1 Å². The molecule has 1 aliphatic rings. The van der Waals surface area contributed by atoms with Crippen molar-refractivity contribution in [3.8, 4) is 0 Å². The number of nitrogens with zero attached hydrogens (tertiary/aromatic N) is 4. The molecule has 2 rings (SSSR count). The molecule has 118 valence electrons. The van der Waals surface area contributed by atoms with Crippen LogP contribution in [0.5, 0.6) is 0 Å². The minimum Gasteiger partial charge on any atom is -0.339 e. The third kappa shape index (κ3) is 4.93. The maximum atomic E-state index is 4.72. The first-order valence-corrected chi connectivity index (χ1v) is 8.03. The lowest BCUT2D eigenvalue weighted by molar-refractivity contribution is 0.360. The van der Waals surface area contributed by atoms with Crippen LogP contribution in [0.4, 0.5) is 5.95 Å². The molecule has 0 aromatic carbocycles. The highest BCUT2D eigenvalue weighted by molar-refractivity contribution is 5.33. The van der Waals surface area contributed by atoms with E-state index in [-0.39, 0.29) is 0 Å². The van der Waals surface area contributed by atoms with Crippen molar-refractivity contribution in [2.45, 2.75) is 33.7 Å². The Morgan fingerprint density at radius 3 is 2.76 bits per heavy atom. The van der Waals surface area contributed by atoms with Crippen LogP contribution >= 0.6 is 0 Å². The number of rotatable bonds is 5. The maximum absolute atomic E-state index is 4.72. The van der Waals surface area contributed by atoms with Crippen molar-refractivity contribution in [1.29, 1.82) is 0 Å². The van der Waals surface area contributed by atoms with E-state index in [1.165, 1.54) is 12.0 Å². The van der Waals surface area contributed by atoms with Gasteiger partial charge in [0.15, 0.2) is 0 Å². The number of anilines is 1. The Labute approximate surface area is 128 Å². The molecular weight excluding hydrogens is 262 g/mol. The van der Waals surface area contributed by atoms with Gasteiger partial charge in [-0.25, -0.2) is 9.97 Å². The van der Waals surface area contributed by atoms with E-state index in [9.17, 15) is 0 Å². The van der Waals surface area contributed by atoms with Gasteiger partial charge in [0.05, 0.1) is 0 Å². The third-order valence-corrected chi connectivity index (χ3v) is 3.94. The molecule has 21 heavy (non-hydrogen) atoms. The largest absolute Gasteiger partial charge is 0.339 e. The van der Waals surface area contributed by atoms with Gasteiger partial charge in [-0.05, 0) is 39.4 Å². The Hall–Kier alpha value is -1.20. The summed E-state index contributed by atoms with van der Waals surface area (Å²) in [6.07, 6.45) is 3.16. The summed E-state index contributed by atoms with van der Waals surface area (Å²) in [5.74, 6) is 1.55. The number of aromatic nitrogens is 2. The highest BCUT2D eigenvalue weighted by Gasteiger charge is 2.15. The average Bonchev–Trinajstić information content (AvgIpc) is 2.65. The zero-order valence-corrected chi connectivity index (χ0v) is 13.9. The van der Waals surface area contributed by atoms with E-state index >= 15 is 0 Å². The van der Waals surface area contributed by atoms with Gasteiger partial charge >= 0.3 is 0 Å². The smallest absolute Gasteiger partial charge is 0.225 e. The van der Waals surface area contributed by atoms with E-state index in [1.807, 2.05) is 6.20 Å². The molecule has 1 N–H and O–H groups in total.